The van der Waals surface area contributed by atoms with E-state index in [2.05, 4.69) is 20.3 Å². The number of hydrogen-bond donors (Lipinski definition) is 1. The molecule has 0 unspecified atom stereocenters. The van der Waals surface area contributed by atoms with Crippen molar-refractivity contribution < 1.29 is 14.4 Å². The van der Waals surface area contributed by atoms with E-state index in [4.69, 9.17) is 0 Å². The lowest BCUT2D eigenvalue weighted by Crippen LogP contribution is -2.50. The first-order valence-corrected chi connectivity index (χ1v) is 9.52. The number of fused-ring (bicyclic) bond motifs is 1. The van der Waals surface area contributed by atoms with Gasteiger partial charge >= 0.3 is 6.03 Å². The molecule has 28 heavy (non-hydrogen) atoms. The molecule has 0 spiro atoms. The molecule has 2 aliphatic rings. The Bertz CT molecular complexity index is 903. The van der Waals surface area contributed by atoms with Crippen molar-refractivity contribution in [1.82, 2.24) is 29.7 Å². The van der Waals surface area contributed by atoms with Crippen molar-refractivity contribution >= 4 is 29.3 Å². The molecule has 2 saturated heterocycles. The molecule has 10 heteroatoms. The molecule has 2 aromatic heterocycles. The fraction of sp³-hybridized carbons (Fsp3) is 0.500. The summed E-state index contributed by atoms with van der Waals surface area (Å²) >= 11 is 0. The minimum Gasteiger partial charge on any atom is -0.352 e. The molecule has 2 fully saturated rings. The van der Waals surface area contributed by atoms with Crippen molar-refractivity contribution in [2.24, 2.45) is 0 Å². The van der Waals surface area contributed by atoms with Gasteiger partial charge in [0.2, 0.25) is 5.91 Å². The van der Waals surface area contributed by atoms with Crippen molar-refractivity contribution in [3.8, 4) is 0 Å². The third kappa shape index (κ3) is 3.37. The van der Waals surface area contributed by atoms with E-state index in [1.54, 1.807) is 21.8 Å². The molecular formula is C18H23N7O3. The van der Waals surface area contributed by atoms with Gasteiger partial charge in [0, 0.05) is 45.1 Å². The Morgan fingerprint density at radius 3 is 2.75 bits per heavy atom. The van der Waals surface area contributed by atoms with Crippen LogP contribution in [0.3, 0.4) is 0 Å². The maximum atomic E-state index is 12.6. The zero-order chi connectivity index (χ0) is 19.7. The van der Waals surface area contributed by atoms with Crippen LogP contribution in [0, 0.1) is 0 Å². The van der Waals surface area contributed by atoms with Crippen LogP contribution in [0.2, 0.25) is 0 Å². The van der Waals surface area contributed by atoms with Crippen LogP contribution < -0.4 is 10.2 Å². The average molecular weight is 385 g/mol. The third-order valence-corrected chi connectivity index (χ3v) is 5.13. The van der Waals surface area contributed by atoms with E-state index < -0.39 is 12.1 Å². The van der Waals surface area contributed by atoms with Crippen molar-refractivity contribution in [2.75, 3.05) is 37.6 Å². The smallest absolute Gasteiger partial charge is 0.324 e. The number of imidazole rings is 1. The fourth-order valence-electron chi connectivity index (χ4n) is 3.61. The Labute approximate surface area is 162 Å². The summed E-state index contributed by atoms with van der Waals surface area (Å²) in [4.78, 5) is 46.0. The fourth-order valence-corrected chi connectivity index (χ4v) is 3.61. The quantitative estimate of drug-likeness (QED) is 0.732. The van der Waals surface area contributed by atoms with E-state index in [9.17, 15) is 14.4 Å². The average Bonchev–Trinajstić information content (AvgIpc) is 3.28. The van der Waals surface area contributed by atoms with Gasteiger partial charge in [0.05, 0.1) is 6.42 Å². The van der Waals surface area contributed by atoms with Gasteiger partial charge in [0.1, 0.15) is 11.9 Å². The lowest BCUT2D eigenvalue weighted by atomic mass is 10.1. The van der Waals surface area contributed by atoms with Crippen molar-refractivity contribution in [3.63, 3.8) is 0 Å². The number of piperazine rings is 1. The minimum absolute atomic E-state index is 0.00400. The molecule has 2 aliphatic heterocycles. The lowest BCUT2D eigenvalue weighted by molar-refractivity contribution is -0.136. The lowest BCUT2D eigenvalue weighted by Gasteiger charge is -2.35. The molecule has 2 aromatic rings. The molecule has 0 saturated carbocycles. The van der Waals surface area contributed by atoms with Crippen molar-refractivity contribution in [3.05, 3.63) is 24.5 Å². The number of carbonyl (C=O) groups is 3. The topological polar surface area (TPSA) is 103 Å². The van der Waals surface area contributed by atoms with Crippen LogP contribution in [0.1, 0.15) is 19.8 Å². The zero-order valence-corrected chi connectivity index (χ0v) is 15.7. The highest BCUT2D eigenvalue weighted by Crippen LogP contribution is 2.16. The second kappa shape index (κ2) is 7.45. The van der Waals surface area contributed by atoms with Gasteiger partial charge in [0.15, 0.2) is 5.65 Å². The van der Waals surface area contributed by atoms with E-state index >= 15 is 0 Å². The molecule has 4 rings (SSSR count). The monoisotopic (exact) mass is 385 g/mol. The second-order valence-corrected chi connectivity index (χ2v) is 6.99. The number of hydrogen-bond acceptors (Lipinski definition) is 6. The van der Waals surface area contributed by atoms with Crippen LogP contribution in [-0.2, 0) is 9.59 Å². The van der Waals surface area contributed by atoms with E-state index in [-0.39, 0.29) is 18.2 Å². The van der Waals surface area contributed by atoms with Crippen LogP contribution in [0.25, 0.3) is 5.65 Å². The van der Waals surface area contributed by atoms with Crippen LogP contribution in [0.4, 0.5) is 10.6 Å². The molecule has 1 N–H and O–H groups in total. The van der Waals surface area contributed by atoms with E-state index in [0.717, 1.165) is 11.5 Å². The number of imide groups is 1. The molecule has 0 aromatic carbocycles. The first-order chi connectivity index (χ1) is 13.6. The van der Waals surface area contributed by atoms with Gasteiger partial charge < -0.3 is 15.1 Å². The van der Waals surface area contributed by atoms with Gasteiger partial charge in [-0.05, 0) is 18.6 Å². The summed E-state index contributed by atoms with van der Waals surface area (Å²) in [6, 6.07) is 2.68. The number of urea groups is 1. The number of amides is 4. The van der Waals surface area contributed by atoms with Crippen LogP contribution >= 0.6 is 0 Å². The first-order valence-electron chi connectivity index (χ1n) is 9.52. The van der Waals surface area contributed by atoms with Gasteiger partial charge in [0.25, 0.3) is 5.91 Å². The van der Waals surface area contributed by atoms with Gasteiger partial charge in [-0.15, -0.1) is 5.10 Å². The number of nitrogens with one attached hydrogen (secondary N) is 1. The summed E-state index contributed by atoms with van der Waals surface area (Å²) in [6.45, 7) is 4.70. The summed E-state index contributed by atoms with van der Waals surface area (Å²) in [5.41, 5.74) is 0.790. The number of anilines is 1. The van der Waals surface area contributed by atoms with E-state index in [0.29, 0.717) is 39.1 Å². The highest BCUT2D eigenvalue weighted by Gasteiger charge is 2.39. The SMILES string of the molecule is CCCN1C(=O)N[C@@H](CC(=O)N2CCN(c3ccc4nccn4n3)CC2)C1=O. The molecule has 0 radical (unpaired) electrons. The van der Waals surface area contributed by atoms with Gasteiger partial charge in [-0.3, -0.25) is 14.5 Å². The van der Waals surface area contributed by atoms with E-state index in [1.807, 2.05) is 19.1 Å². The van der Waals surface area contributed by atoms with Crippen LogP contribution in [-0.4, -0.2) is 81.0 Å². The Hall–Kier alpha value is -3.17. The predicted octanol–water partition coefficient (Wildman–Crippen LogP) is 0.0984. The Morgan fingerprint density at radius 2 is 2.00 bits per heavy atom. The first kappa shape index (κ1) is 18.2. The highest BCUT2D eigenvalue weighted by molar-refractivity contribution is 6.05. The summed E-state index contributed by atoms with van der Waals surface area (Å²) in [7, 11) is 0. The normalized spacial score (nSPS) is 20.2. The van der Waals surface area contributed by atoms with Gasteiger partial charge in [-0.2, -0.15) is 0 Å². The molecule has 4 heterocycles. The number of aromatic nitrogens is 3. The van der Waals surface area contributed by atoms with E-state index in [1.165, 1.54) is 4.90 Å². The largest absolute Gasteiger partial charge is 0.352 e. The zero-order valence-electron chi connectivity index (χ0n) is 15.7. The van der Waals surface area contributed by atoms with Gasteiger partial charge in [-0.1, -0.05) is 6.92 Å². The Balaban J connectivity index is 1.33. The third-order valence-electron chi connectivity index (χ3n) is 5.13. The number of carbonyl (C=O) groups excluding carboxylic acids is 3. The van der Waals surface area contributed by atoms with Gasteiger partial charge in [-0.25, -0.2) is 14.3 Å². The summed E-state index contributed by atoms with van der Waals surface area (Å²) in [5, 5.41) is 7.15. The predicted molar refractivity (Wildman–Crippen MR) is 101 cm³/mol. The number of nitrogens with zero attached hydrogens (tertiary/aromatic N) is 6. The maximum Gasteiger partial charge on any atom is 0.324 e. The van der Waals surface area contributed by atoms with Crippen LogP contribution in [0.5, 0.6) is 0 Å². The highest BCUT2D eigenvalue weighted by atomic mass is 16.2. The molecule has 148 valence electrons. The summed E-state index contributed by atoms with van der Waals surface area (Å²) < 4.78 is 1.73. The molecule has 1 atom stereocenters. The Morgan fingerprint density at radius 1 is 1.21 bits per heavy atom. The maximum absolute atomic E-state index is 12.6. The van der Waals surface area contributed by atoms with Crippen molar-refractivity contribution in [2.45, 2.75) is 25.8 Å². The summed E-state index contributed by atoms with van der Waals surface area (Å²) in [5.74, 6) is 0.414. The second-order valence-electron chi connectivity index (χ2n) is 6.99. The summed E-state index contributed by atoms with van der Waals surface area (Å²) in [6.07, 6.45) is 4.20. The Kier molecular flexibility index (Phi) is 4.84. The van der Waals surface area contributed by atoms with Crippen LogP contribution in [0.15, 0.2) is 24.5 Å². The molecule has 0 aliphatic carbocycles. The molecule has 4 amide bonds. The molecule has 0 bridgehead atoms. The number of rotatable bonds is 5. The minimum atomic E-state index is -0.755. The molecular weight excluding hydrogens is 362 g/mol. The standard InChI is InChI=1S/C18H23N7O3/c1-2-6-24-17(27)13(20-18(24)28)12-16(26)23-10-8-22(9-11-23)15-4-3-14-19-5-7-25(14)21-15/h3-5,7,13H,2,6,8-12H2,1H3,(H,20,28)/t13-/m0/s1. The molecule has 10 nitrogen and oxygen atoms in total. The van der Waals surface area contributed by atoms with Crippen molar-refractivity contribution in [1.29, 1.82) is 0 Å².